The van der Waals surface area contributed by atoms with Crippen LogP contribution in [-0.2, 0) is 14.3 Å². The van der Waals surface area contributed by atoms with E-state index < -0.39 is 5.97 Å². The lowest BCUT2D eigenvalue weighted by Gasteiger charge is -1.92. The van der Waals surface area contributed by atoms with Crippen molar-refractivity contribution >= 4 is 5.97 Å². The molecule has 0 aromatic heterocycles. The minimum atomic E-state index is -0.510. The molecular weight excluding hydrogens is 134 g/mol. The highest BCUT2D eigenvalue weighted by Crippen LogP contribution is 1.80. The lowest BCUT2D eigenvalue weighted by Crippen LogP contribution is -2.13. The molecule has 0 spiro atoms. The van der Waals surface area contributed by atoms with Crippen LogP contribution in [0.4, 0.5) is 0 Å². The zero-order valence-corrected chi connectivity index (χ0v) is 5.45. The van der Waals surface area contributed by atoms with Crippen molar-refractivity contribution in [3.05, 3.63) is 25.4 Å². The second-order valence-corrected chi connectivity index (χ2v) is 1.27. The van der Waals surface area contributed by atoms with Crippen LogP contribution >= 0.6 is 0 Å². The molecule has 0 aliphatic heterocycles. The van der Waals surface area contributed by atoms with Crippen LogP contribution in [0.1, 0.15) is 0 Å². The van der Waals surface area contributed by atoms with Gasteiger partial charge < -0.3 is 15.2 Å². The Kier molecular flexibility index (Phi) is 5.09. The topological polar surface area (TPSA) is 61.5 Å². The van der Waals surface area contributed by atoms with Crippen LogP contribution < -0.4 is 5.73 Å². The zero-order chi connectivity index (χ0) is 7.82. The van der Waals surface area contributed by atoms with Gasteiger partial charge in [-0.1, -0.05) is 6.58 Å². The smallest absolute Gasteiger partial charge is 0.324 e. The Balaban J connectivity index is 3.33. The summed E-state index contributed by atoms with van der Waals surface area (Å²) in [6.07, 6.45) is 3.48. The van der Waals surface area contributed by atoms with Gasteiger partial charge in [-0.3, -0.25) is 4.79 Å². The van der Waals surface area contributed by atoms with Crippen LogP contribution in [0.25, 0.3) is 0 Å². The van der Waals surface area contributed by atoms with Gasteiger partial charge in [-0.2, -0.15) is 0 Å². The molecule has 56 valence electrons. The highest BCUT2D eigenvalue weighted by atomic mass is 16.5. The highest BCUT2D eigenvalue weighted by Gasteiger charge is 1.91. The third kappa shape index (κ3) is 4.86. The first-order valence-electron chi connectivity index (χ1n) is 2.62. The Labute approximate surface area is 58.9 Å². The average molecular weight is 143 g/mol. The van der Waals surface area contributed by atoms with Gasteiger partial charge in [0.05, 0.1) is 12.8 Å². The molecule has 0 heterocycles. The maximum absolute atomic E-state index is 10.3. The largest absolute Gasteiger partial charge is 0.470 e. The molecule has 0 atom stereocenters. The molecule has 0 aliphatic carbocycles. The fraction of sp³-hybridized carbons (Fsp3) is 0.167. The molecule has 0 amide bonds. The van der Waals surface area contributed by atoms with Gasteiger partial charge in [-0.15, -0.1) is 0 Å². The first-order valence-corrected chi connectivity index (χ1v) is 2.62. The van der Waals surface area contributed by atoms with E-state index in [1.807, 2.05) is 0 Å². The maximum atomic E-state index is 10.3. The van der Waals surface area contributed by atoms with Gasteiger partial charge in [0.1, 0.15) is 12.5 Å². The normalized spacial score (nSPS) is 9.30. The van der Waals surface area contributed by atoms with E-state index in [2.05, 4.69) is 16.1 Å². The van der Waals surface area contributed by atoms with Crippen LogP contribution in [0.3, 0.4) is 0 Å². The molecule has 0 aromatic carbocycles. The van der Waals surface area contributed by atoms with E-state index in [9.17, 15) is 4.79 Å². The molecule has 4 heteroatoms. The van der Waals surface area contributed by atoms with Gasteiger partial charge in [0, 0.05) is 0 Å². The van der Waals surface area contributed by atoms with Crippen molar-refractivity contribution in [2.45, 2.75) is 0 Å². The van der Waals surface area contributed by atoms with Crippen LogP contribution in [0.15, 0.2) is 25.4 Å². The number of hydrogen-bond donors (Lipinski definition) is 1. The summed E-state index contributed by atoms with van der Waals surface area (Å²) in [5, 5.41) is 0. The van der Waals surface area contributed by atoms with Crippen molar-refractivity contribution in [2.75, 3.05) is 6.54 Å². The second-order valence-electron chi connectivity index (χ2n) is 1.27. The quantitative estimate of drug-likeness (QED) is 0.448. The van der Waals surface area contributed by atoms with Crippen LogP contribution in [0.5, 0.6) is 0 Å². The molecule has 0 fully saturated rings. The van der Waals surface area contributed by atoms with E-state index in [4.69, 9.17) is 5.73 Å². The summed E-state index contributed by atoms with van der Waals surface area (Å²) in [4.78, 5) is 10.3. The number of ether oxygens (including phenoxy) is 2. The number of carbonyl (C=O) groups excluding carboxylic acids is 1. The van der Waals surface area contributed by atoms with Crippen LogP contribution in [0, 0.1) is 0 Å². The Morgan fingerprint density at radius 2 is 2.30 bits per heavy atom. The Morgan fingerprint density at radius 1 is 1.60 bits per heavy atom. The summed E-state index contributed by atoms with van der Waals surface area (Å²) in [7, 11) is 0. The van der Waals surface area contributed by atoms with Crippen molar-refractivity contribution in [2.24, 2.45) is 5.73 Å². The third-order valence-electron chi connectivity index (χ3n) is 0.597. The van der Waals surface area contributed by atoms with Gasteiger partial charge in [0.2, 0.25) is 0 Å². The second kappa shape index (κ2) is 5.84. The van der Waals surface area contributed by atoms with Gasteiger partial charge >= 0.3 is 5.97 Å². The van der Waals surface area contributed by atoms with E-state index in [0.29, 0.717) is 0 Å². The van der Waals surface area contributed by atoms with Crippen molar-refractivity contribution in [1.82, 2.24) is 0 Å². The number of nitrogens with two attached hydrogens (primary N) is 1. The molecule has 0 bridgehead atoms. The predicted molar refractivity (Wildman–Crippen MR) is 35.6 cm³/mol. The highest BCUT2D eigenvalue weighted by molar-refractivity contribution is 5.71. The molecule has 0 unspecified atom stereocenters. The monoisotopic (exact) mass is 143 g/mol. The first kappa shape index (κ1) is 8.71. The molecular formula is C6H9NO3. The SMILES string of the molecule is C=COC=COC(=O)CN. The molecule has 0 saturated heterocycles. The Morgan fingerprint density at radius 3 is 2.80 bits per heavy atom. The molecule has 10 heavy (non-hydrogen) atoms. The van der Waals surface area contributed by atoms with Gasteiger partial charge in [0.25, 0.3) is 0 Å². The van der Waals surface area contributed by atoms with Crippen molar-refractivity contribution in [1.29, 1.82) is 0 Å². The Bertz CT molecular complexity index is 142. The van der Waals surface area contributed by atoms with Gasteiger partial charge in [0.15, 0.2) is 0 Å². The number of esters is 1. The lowest BCUT2D eigenvalue weighted by molar-refractivity contribution is -0.136. The zero-order valence-electron chi connectivity index (χ0n) is 5.45. The fourth-order valence-corrected chi connectivity index (χ4v) is 0.239. The molecule has 0 aromatic rings. The first-order chi connectivity index (χ1) is 4.81. The van der Waals surface area contributed by atoms with Gasteiger partial charge in [-0.25, -0.2) is 0 Å². The van der Waals surface area contributed by atoms with E-state index in [0.717, 1.165) is 6.26 Å². The minimum absolute atomic E-state index is 0.140. The summed E-state index contributed by atoms with van der Waals surface area (Å²) >= 11 is 0. The maximum Gasteiger partial charge on any atom is 0.324 e. The fourth-order valence-electron chi connectivity index (χ4n) is 0.239. The number of carbonyl (C=O) groups is 1. The number of hydrogen-bond acceptors (Lipinski definition) is 4. The minimum Gasteiger partial charge on any atom is -0.470 e. The van der Waals surface area contributed by atoms with Crippen LogP contribution in [0.2, 0.25) is 0 Å². The lowest BCUT2D eigenvalue weighted by atomic mass is 10.7. The molecule has 4 nitrogen and oxygen atoms in total. The summed E-state index contributed by atoms with van der Waals surface area (Å²) in [6.45, 7) is 3.12. The van der Waals surface area contributed by atoms with Crippen molar-refractivity contribution in [3.8, 4) is 0 Å². The Hall–Kier alpha value is -1.29. The molecule has 0 rings (SSSR count). The van der Waals surface area contributed by atoms with E-state index in [1.54, 1.807) is 0 Å². The third-order valence-corrected chi connectivity index (χ3v) is 0.597. The predicted octanol–water partition coefficient (Wildman–Crippen LogP) is 0.120. The molecule has 0 saturated carbocycles. The van der Waals surface area contributed by atoms with Crippen LogP contribution in [-0.4, -0.2) is 12.5 Å². The van der Waals surface area contributed by atoms with Crippen molar-refractivity contribution < 1.29 is 14.3 Å². The number of rotatable bonds is 4. The summed E-state index contributed by atoms with van der Waals surface area (Å²) in [5.74, 6) is -0.510. The molecule has 0 radical (unpaired) electrons. The summed E-state index contributed by atoms with van der Waals surface area (Å²) in [6, 6.07) is 0. The van der Waals surface area contributed by atoms with E-state index >= 15 is 0 Å². The van der Waals surface area contributed by atoms with E-state index in [1.165, 1.54) is 12.5 Å². The molecule has 2 N–H and O–H groups in total. The van der Waals surface area contributed by atoms with Crippen molar-refractivity contribution in [3.63, 3.8) is 0 Å². The standard InChI is InChI=1S/C6H9NO3/c1-2-9-3-4-10-6(8)5-7/h2-4H,1,5,7H2. The average Bonchev–Trinajstić information content (AvgIpc) is 1.98. The van der Waals surface area contributed by atoms with E-state index in [-0.39, 0.29) is 6.54 Å². The molecule has 0 aliphatic rings. The summed E-state index contributed by atoms with van der Waals surface area (Å²) < 4.78 is 8.87. The summed E-state index contributed by atoms with van der Waals surface area (Å²) in [5.41, 5.74) is 4.92. The van der Waals surface area contributed by atoms with Gasteiger partial charge in [-0.05, 0) is 0 Å².